The van der Waals surface area contributed by atoms with Gasteiger partial charge in [0.25, 0.3) is 0 Å². The molecule has 1 saturated heterocycles. The molecule has 1 N–H and O–H groups in total. The number of hydrogen-bond donors (Lipinski definition) is 1. The van der Waals surface area contributed by atoms with E-state index in [9.17, 15) is 4.79 Å². The molecule has 0 unspecified atom stereocenters. The fraction of sp³-hybridized carbons (Fsp3) is 0.115. The monoisotopic (exact) mass is 426 g/mol. The second-order valence-electron chi connectivity index (χ2n) is 7.36. The van der Waals surface area contributed by atoms with Crippen molar-refractivity contribution < 1.29 is 9.53 Å². The standard InChI is InChI=1S/C26H22N2O2S/c29-26(27-24-15-7-9-19-8-4-5-14-23(19)24)28-16-17-31-25(28)20-10-6-13-22(18-20)30-21-11-2-1-3-12-21/h1-15,18,25H,16-17H2,(H,27,29)/t25-/m1/s1. The Bertz CT molecular complexity index is 1210. The number of benzene rings is 4. The van der Waals surface area contributed by atoms with E-state index in [-0.39, 0.29) is 11.4 Å². The average molecular weight is 427 g/mol. The van der Waals surface area contributed by atoms with Gasteiger partial charge < -0.3 is 15.0 Å². The molecule has 5 rings (SSSR count). The summed E-state index contributed by atoms with van der Waals surface area (Å²) in [5.41, 5.74) is 1.89. The smallest absolute Gasteiger partial charge is 0.323 e. The van der Waals surface area contributed by atoms with Crippen molar-refractivity contribution in [2.75, 3.05) is 17.6 Å². The Morgan fingerprint density at radius 2 is 1.61 bits per heavy atom. The Morgan fingerprint density at radius 1 is 0.871 bits per heavy atom. The lowest BCUT2D eigenvalue weighted by atomic mass is 10.1. The third kappa shape index (κ3) is 4.23. The topological polar surface area (TPSA) is 41.6 Å². The molecule has 0 aromatic heterocycles. The van der Waals surface area contributed by atoms with E-state index in [1.54, 1.807) is 11.8 Å². The van der Waals surface area contributed by atoms with Gasteiger partial charge in [-0.2, -0.15) is 0 Å². The average Bonchev–Trinajstić information content (AvgIpc) is 3.31. The van der Waals surface area contributed by atoms with E-state index in [1.165, 1.54) is 0 Å². The number of carbonyl (C=O) groups excluding carboxylic acids is 1. The first-order valence-corrected chi connectivity index (χ1v) is 11.3. The highest BCUT2D eigenvalue weighted by molar-refractivity contribution is 7.99. The maximum atomic E-state index is 13.2. The molecule has 31 heavy (non-hydrogen) atoms. The van der Waals surface area contributed by atoms with Crippen molar-refractivity contribution >= 4 is 34.3 Å². The molecule has 0 aliphatic carbocycles. The highest BCUT2D eigenvalue weighted by Gasteiger charge is 2.31. The molecule has 4 nitrogen and oxygen atoms in total. The van der Waals surface area contributed by atoms with Gasteiger partial charge in [-0.3, -0.25) is 0 Å². The molecule has 1 atom stereocenters. The van der Waals surface area contributed by atoms with E-state index in [2.05, 4.69) is 23.5 Å². The zero-order chi connectivity index (χ0) is 21.0. The molecule has 154 valence electrons. The highest BCUT2D eigenvalue weighted by atomic mass is 32.2. The molecule has 2 amide bonds. The molecule has 1 heterocycles. The van der Waals surface area contributed by atoms with Crippen molar-refractivity contribution in [2.45, 2.75) is 5.37 Å². The molecule has 4 aromatic rings. The number of para-hydroxylation sites is 1. The molecular formula is C26H22N2O2S. The van der Waals surface area contributed by atoms with Crippen molar-refractivity contribution in [3.8, 4) is 11.5 Å². The second-order valence-corrected chi connectivity index (χ2v) is 8.55. The Morgan fingerprint density at radius 3 is 2.52 bits per heavy atom. The summed E-state index contributed by atoms with van der Waals surface area (Å²) in [6, 6.07) is 31.7. The van der Waals surface area contributed by atoms with Crippen LogP contribution >= 0.6 is 11.8 Å². The largest absolute Gasteiger partial charge is 0.457 e. The van der Waals surface area contributed by atoms with E-state index in [0.29, 0.717) is 6.54 Å². The van der Waals surface area contributed by atoms with E-state index in [1.807, 2.05) is 83.8 Å². The quantitative estimate of drug-likeness (QED) is 0.385. The summed E-state index contributed by atoms with van der Waals surface area (Å²) in [4.78, 5) is 15.1. The number of nitrogens with zero attached hydrogens (tertiary/aromatic N) is 1. The number of amides is 2. The Hall–Kier alpha value is -3.44. The summed E-state index contributed by atoms with van der Waals surface area (Å²) in [7, 11) is 0. The first-order valence-electron chi connectivity index (χ1n) is 10.3. The van der Waals surface area contributed by atoms with Crippen molar-refractivity contribution in [3.63, 3.8) is 0 Å². The van der Waals surface area contributed by atoms with Crippen LogP contribution in [0.2, 0.25) is 0 Å². The summed E-state index contributed by atoms with van der Waals surface area (Å²) in [6.45, 7) is 0.704. The van der Waals surface area contributed by atoms with Crippen molar-refractivity contribution in [1.29, 1.82) is 0 Å². The van der Waals surface area contributed by atoms with Gasteiger partial charge in [0.05, 0.1) is 5.69 Å². The van der Waals surface area contributed by atoms with Crippen molar-refractivity contribution in [3.05, 3.63) is 103 Å². The van der Waals surface area contributed by atoms with Crippen LogP contribution < -0.4 is 10.1 Å². The van der Waals surface area contributed by atoms with Crippen molar-refractivity contribution in [2.24, 2.45) is 0 Å². The minimum atomic E-state index is -0.0827. The summed E-state index contributed by atoms with van der Waals surface area (Å²) >= 11 is 1.77. The molecule has 5 heteroatoms. The number of anilines is 1. The minimum Gasteiger partial charge on any atom is -0.457 e. The van der Waals surface area contributed by atoms with Gasteiger partial charge in [-0.15, -0.1) is 11.8 Å². The van der Waals surface area contributed by atoms with Gasteiger partial charge in [-0.05, 0) is 41.3 Å². The van der Waals surface area contributed by atoms with Crippen LogP contribution in [0.1, 0.15) is 10.9 Å². The molecule has 0 radical (unpaired) electrons. The van der Waals surface area contributed by atoms with Gasteiger partial charge in [0, 0.05) is 17.7 Å². The number of rotatable bonds is 4. The summed E-state index contributed by atoms with van der Waals surface area (Å²) in [5, 5.41) is 5.23. The molecule has 4 aromatic carbocycles. The molecule has 1 fully saturated rings. The van der Waals surface area contributed by atoms with Crippen LogP contribution in [0.3, 0.4) is 0 Å². The van der Waals surface area contributed by atoms with Crippen LogP contribution in [0.5, 0.6) is 11.5 Å². The minimum absolute atomic E-state index is 0.0469. The lowest BCUT2D eigenvalue weighted by Gasteiger charge is -2.25. The fourth-order valence-corrected chi connectivity index (χ4v) is 5.08. The maximum Gasteiger partial charge on any atom is 0.323 e. The van der Waals surface area contributed by atoms with E-state index < -0.39 is 0 Å². The van der Waals surface area contributed by atoms with Gasteiger partial charge in [-0.25, -0.2) is 4.79 Å². The van der Waals surface area contributed by atoms with Crippen LogP contribution in [0, 0.1) is 0 Å². The first-order chi connectivity index (χ1) is 15.3. The lowest BCUT2D eigenvalue weighted by molar-refractivity contribution is 0.214. The Balaban J connectivity index is 1.36. The molecule has 0 bridgehead atoms. The van der Waals surface area contributed by atoms with Gasteiger partial charge in [0.15, 0.2) is 0 Å². The van der Waals surface area contributed by atoms with Crippen LogP contribution in [0.15, 0.2) is 97.1 Å². The third-order valence-electron chi connectivity index (χ3n) is 5.31. The molecule has 1 aliphatic heterocycles. The fourth-order valence-electron chi connectivity index (χ4n) is 3.83. The summed E-state index contributed by atoms with van der Waals surface area (Å²) in [5.74, 6) is 2.46. The number of carbonyl (C=O) groups is 1. The maximum absolute atomic E-state index is 13.2. The van der Waals surface area contributed by atoms with Crippen LogP contribution in [0.4, 0.5) is 10.5 Å². The van der Waals surface area contributed by atoms with Crippen LogP contribution in [-0.2, 0) is 0 Å². The Labute approximate surface area is 185 Å². The molecular weight excluding hydrogens is 404 g/mol. The lowest BCUT2D eigenvalue weighted by Crippen LogP contribution is -2.34. The van der Waals surface area contributed by atoms with Crippen LogP contribution in [-0.4, -0.2) is 23.2 Å². The zero-order valence-corrected chi connectivity index (χ0v) is 17.7. The Kier molecular flexibility index (Phi) is 5.50. The molecule has 1 aliphatic rings. The third-order valence-corrected chi connectivity index (χ3v) is 6.57. The predicted molar refractivity (Wildman–Crippen MR) is 128 cm³/mol. The highest BCUT2D eigenvalue weighted by Crippen LogP contribution is 2.40. The summed E-state index contributed by atoms with van der Waals surface area (Å²) in [6.07, 6.45) is 0. The number of hydrogen-bond acceptors (Lipinski definition) is 3. The summed E-state index contributed by atoms with van der Waals surface area (Å²) < 4.78 is 5.99. The van der Waals surface area contributed by atoms with Gasteiger partial charge in [0.1, 0.15) is 16.9 Å². The van der Waals surface area contributed by atoms with Gasteiger partial charge >= 0.3 is 6.03 Å². The van der Waals surface area contributed by atoms with Gasteiger partial charge in [-0.1, -0.05) is 66.7 Å². The number of fused-ring (bicyclic) bond motifs is 1. The second kappa shape index (κ2) is 8.74. The van der Waals surface area contributed by atoms with E-state index in [0.717, 1.165) is 39.3 Å². The van der Waals surface area contributed by atoms with Crippen LogP contribution in [0.25, 0.3) is 10.8 Å². The number of urea groups is 1. The normalized spacial score (nSPS) is 15.7. The first kappa shape index (κ1) is 19.5. The SMILES string of the molecule is O=C(Nc1cccc2ccccc12)N1CCS[C@@H]1c1cccc(Oc2ccccc2)c1. The molecule has 0 spiro atoms. The number of nitrogens with one attached hydrogen (secondary N) is 1. The van der Waals surface area contributed by atoms with Crippen molar-refractivity contribution in [1.82, 2.24) is 4.90 Å². The van der Waals surface area contributed by atoms with E-state index >= 15 is 0 Å². The number of thioether (sulfide) groups is 1. The zero-order valence-electron chi connectivity index (χ0n) is 16.9. The predicted octanol–water partition coefficient (Wildman–Crippen LogP) is 6.91. The number of ether oxygens (including phenoxy) is 1. The molecule has 0 saturated carbocycles. The van der Waals surface area contributed by atoms with Gasteiger partial charge in [0.2, 0.25) is 0 Å². The van der Waals surface area contributed by atoms with E-state index in [4.69, 9.17) is 4.74 Å².